The number of carbonyl (C=O) groups is 1. The summed E-state index contributed by atoms with van der Waals surface area (Å²) in [5.41, 5.74) is 2.90. The van der Waals surface area contributed by atoms with Crippen molar-refractivity contribution in [3.8, 4) is 5.75 Å². The molecule has 0 amide bonds. The highest BCUT2D eigenvalue weighted by atomic mass is 79.9. The number of carbonyl (C=O) groups excluding carboxylic acids is 1. The van der Waals surface area contributed by atoms with E-state index in [1.54, 1.807) is 6.07 Å². The summed E-state index contributed by atoms with van der Waals surface area (Å²) >= 11 is 3.10. The van der Waals surface area contributed by atoms with E-state index in [0.717, 1.165) is 11.1 Å². The molecule has 0 atom stereocenters. The molecule has 2 rings (SSSR count). The number of halogens is 2. The minimum atomic E-state index is -0.459. The molecule has 4 heteroatoms. The number of ketones is 1. The highest BCUT2D eigenvalue weighted by molar-refractivity contribution is 9.10. The SMILES string of the molecule is COc1cc(F)c(Br)cc1C(=O)c1cccc(C)c1C. The average Bonchev–Trinajstić information content (AvgIpc) is 2.43. The van der Waals surface area contributed by atoms with E-state index in [0.29, 0.717) is 11.1 Å². The van der Waals surface area contributed by atoms with Gasteiger partial charge in [0.25, 0.3) is 0 Å². The van der Waals surface area contributed by atoms with E-state index in [4.69, 9.17) is 4.74 Å². The van der Waals surface area contributed by atoms with Crippen LogP contribution in [0.5, 0.6) is 5.75 Å². The molecule has 2 nitrogen and oxygen atoms in total. The zero-order chi connectivity index (χ0) is 14.9. The second-order valence-electron chi connectivity index (χ2n) is 4.54. The van der Waals surface area contributed by atoms with Crippen molar-refractivity contribution in [2.75, 3.05) is 7.11 Å². The lowest BCUT2D eigenvalue weighted by atomic mass is 9.95. The summed E-state index contributed by atoms with van der Waals surface area (Å²) in [6.45, 7) is 3.84. The number of rotatable bonds is 3. The molecule has 0 aliphatic heterocycles. The summed E-state index contributed by atoms with van der Waals surface area (Å²) < 4.78 is 18.9. The summed E-state index contributed by atoms with van der Waals surface area (Å²) in [6, 6.07) is 8.21. The molecule has 0 saturated heterocycles. The van der Waals surface area contributed by atoms with Crippen LogP contribution in [0.1, 0.15) is 27.0 Å². The van der Waals surface area contributed by atoms with Gasteiger partial charge in [0.15, 0.2) is 5.78 Å². The van der Waals surface area contributed by atoms with Crippen molar-refractivity contribution < 1.29 is 13.9 Å². The summed E-state index contributed by atoms with van der Waals surface area (Å²) in [7, 11) is 1.42. The molecule has 0 aliphatic rings. The van der Waals surface area contributed by atoms with Crippen molar-refractivity contribution in [3.05, 3.63) is 62.9 Å². The number of methoxy groups -OCH3 is 1. The van der Waals surface area contributed by atoms with Crippen LogP contribution in [-0.4, -0.2) is 12.9 Å². The Morgan fingerprint density at radius 2 is 1.90 bits per heavy atom. The van der Waals surface area contributed by atoms with Gasteiger partial charge in [-0.25, -0.2) is 4.39 Å². The molecule has 0 heterocycles. The Bertz CT molecular complexity index is 680. The molecule has 0 aliphatic carbocycles. The zero-order valence-corrected chi connectivity index (χ0v) is 13.0. The van der Waals surface area contributed by atoms with Gasteiger partial charge in [-0.3, -0.25) is 4.79 Å². The van der Waals surface area contributed by atoms with Gasteiger partial charge in [0.05, 0.1) is 17.1 Å². The molecule has 2 aromatic carbocycles. The molecule has 104 valence electrons. The number of benzene rings is 2. The first-order valence-corrected chi connectivity index (χ1v) is 6.89. The molecule has 0 spiro atoms. The van der Waals surface area contributed by atoms with Gasteiger partial charge in [0.1, 0.15) is 11.6 Å². The lowest BCUT2D eigenvalue weighted by molar-refractivity contribution is 0.103. The van der Waals surface area contributed by atoms with Crippen molar-refractivity contribution in [1.29, 1.82) is 0 Å². The number of aryl methyl sites for hydroxylation is 1. The fourth-order valence-corrected chi connectivity index (χ4v) is 2.36. The van der Waals surface area contributed by atoms with E-state index in [1.807, 2.05) is 26.0 Å². The van der Waals surface area contributed by atoms with Gasteiger partial charge in [-0.2, -0.15) is 0 Å². The van der Waals surface area contributed by atoms with E-state index >= 15 is 0 Å². The highest BCUT2D eigenvalue weighted by Gasteiger charge is 2.19. The van der Waals surface area contributed by atoms with Crippen molar-refractivity contribution in [2.24, 2.45) is 0 Å². The smallest absolute Gasteiger partial charge is 0.197 e. The van der Waals surface area contributed by atoms with E-state index in [2.05, 4.69) is 15.9 Å². The van der Waals surface area contributed by atoms with Crippen LogP contribution in [0, 0.1) is 19.7 Å². The molecular weight excluding hydrogens is 323 g/mol. The molecular formula is C16H14BrFO2. The molecule has 0 saturated carbocycles. The van der Waals surface area contributed by atoms with Crippen LogP contribution in [-0.2, 0) is 0 Å². The monoisotopic (exact) mass is 336 g/mol. The lowest BCUT2D eigenvalue weighted by Gasteiger charge is -2.11. The van der Waals surface area contributed by atoms with Crippen LogP contribution in [0.25, 0.3) is 0 Å². The van der Waals surface area contributed by atoms with Gasteiger partial charge in [-0.15, -0.1) is 0 Å². The van der Waals surface area contributed by atoms with Crippen LogP contribution < -0.4 is 4.74 Å². The highest BCUT2D eigenvalue weighted by Crippen LogP contribution is 2.29. The minimum Gasteiger partial charge on any atom is -0.496 e. The van der Waals surface area contributed by atoms with Crippen LogP contribution in [0.15, 0.2) is 34.8 Å². The zero-order valence-electron chi connectivity index (χ0n) is 11.5. The Balaban J connectivity index is 2.59. The molecule has 0 aromatic heterocycles. The number of hydrogen-bond donors (Lipinski definition) is 0. The predicted molar refractivity (Wildman–Crippen MR) is 80.0 cm³/mol. The van der Waals surface area contributed by atoms with Crippen molar-refractivity contribution >= 4 is 21.7 Å². The standard InChI is InChI=1S/C16H14BrFO2/c1-9-5-4-6-11(10(9)2)16(19)12-7-13(17)14(18)8-15(12)20-3/h4-8H,1-3H3. The normalized spacial score (nSPS) is 10.4. The Morgan fingerprint density at radius 1 is 1.20 bits per heavy atom. The second kappa shape index (κ2) is 5.75. The lowest BCUT2D eigenvalue weighted by Crippen LogP contribution is -2.07. The Kier molecular flexibility index (Phi) is 4.23. The third-order valence-corrected chi connectivity index (χ3v) is 3.94. The summed E-state index contributed by atoms with van der Waals surface area (Å²) in [5, 5.41) is 0. The maximum Gasteiger partial charge on any atom is 0.197 e. The molecule has 0 radical (unpaired) electrons. The minimum absolute atomic E-state index is 0.177. The van der Waals surface area contributed by atoms with Gasteiger partial charge in [0.2, 0.25) is 0 Å². The molecule has 0 N–H and O–H groups in total. The van der Waals surface area contributed by atoms with Gasteiger partial charge < -0.3 is 4.74 Å². The van der Waals surface area contributed by atoms with E-state index in [-0.39, 0.29) is 16.0 Å². The molecule has 2 aromatic rings. The fourth-order valence-electron chi connectivity index (χ4n) is 2.02. The van der Waals surface area contributed by atoms with E-state index < -0.39 is 5.82 Å². The first-order valence-electron chi connectivity index (χ1n) is 6.09. The fraction of sp³-hybridized carbons (Fsp3) is 0.188. The Hall–Kier alpha value is -1.68. The molecule has 20 heavy (non-hydrogen) atoms. The van der Waals surface area contributed by atoms with Gasteiger partial charge in [0, 0.05) is 11.6 Å². The van der Waals surface area contributed by atoms with Crippen LogP contribution in [0.4, 0.5) is 4.39 Å². The average molecular weight is 337 g/mol. The summed E-state index contributed by atoms with van der Waals surface area (Å²) in [5.74, 6) is -0.403. The van der Waals surface area contributed by atoms with Crippen molar-refractivity contribution in [2.45, 2.75) is 13.8 Å². The number of hydrogen-bond acceptors (Lipinski definition) is 2. The maximum absolute atomic E-state index is 13.5. The largest absolute Gasteiger partial charge is 0.496 e. The van der Waals surface area contributed by atoms with Gasteiger partial charge >= 0.3 is 0 Å². The Labute approximate surface area is 125 Å². The predicted octanol–water partition coefficient (Wildman–Crippen LogP) is 4.44. The summed E-state index contributed by atoms with van der Waals surface area (Å²) in [4.78, 5) is 12.6. The van der Waals surface area contributed by atoms with Crippen LogP contribution in [0.2, 0.25) is 0 Å². The first kappa shape index (κ1) is 14.7. The quantitative estimate of drug-likeness (QED) is 0.774. The van der Waals surface area contributed by atoms with E-state index in [9.17, 15) is 9.18 Å². The maximum atomic E-state index is 13.5. The summed E-state index contributed by atoms with van der Waals surface area (Å²) in [6.07, 6.45) is 0. The molecule has 0 bridgehead atoms. The topological polar surface area (TPSA) is 26.3 Å². The van der Waals surface area contributed by atoms with Crippen LogP contribution in [0.3, 0.4) is 0 Å². The second-order valence-corrected chi connectivity index (χ2v) is 5.40. The van der Waals surface area contributed by atoms with Gasteiger partial charge in [-0.1, -0.05) is 18.2 Å². The molecule has 0 fully saturated rings. The van der Waals surface area contributed by atoms with Crippen molar-refractivity contribution in [1.82, 2.24) is 0 Å². The third-order valence-electron chi connectivity index (χ3n) is 3.34. The first-order chi connectivity index (χ1) is 9.45. The van der Waals surface area contributed by atoms with E-state index in [1.165, 1.54) is 19.2 Å². The molecule has 0 unspecified atom stereocenters. The van der Waals surface area contributed by atoms with Crippen LogP contribution >= 0.6 is 15.9 Å². The third kappa shape index (κ3) is 2.61. The number of ether oxygens (including phenoxy) is 1. The Morgan fingerprint density at radius 3 is 2.55 bits per heavy atom. The van der Waals surface area contributed by atoms with Gasteiger partial charge in [-0.05, 0) is 47.0 Å². The van der Waals surface area contributed by atoms with Crippen molar-refractivity contribution in [3.63, 3.8) is 0 Å².